The molecule has 1 N–H and O–H groups in total. The van der Waals surface area contributed by atoms with Crippen LogP contribution in [-0.4, -0.2) is 25.9 Å². The number of nitrogens with one attached hydrogen (secondary N) is 1. The summed E-state index contributed by atoms with van der Waals surface area (Å²) in [4.78, 5) is 14.5. The molecule has 1 aromatic carbocycles. The van der Waals surface area contributed by atoms with Gasteiger partial charge in [-0.2, -0.15) is 0 Å². The standard InChI is InChI=1S/C10H10BNO2/c1-14-10(13)8-4-6(11)5-9-7(8)2-3-12-9/h2-5,12H,11H2,1H3. The first-order chi connectivity index (χ1) is 6.72. The summed E-state index contributed by atoms with van der Waals surface area (Å²) in [6, 6.07) is 5.71. The van der Waals surface area contributed by atoms with Crippen LogP contribution in [0.15, 0.2) is 24.4 Å². The molecule has 70 valence electrons. The summed E-state index contributed by atoms with van der Waals surface area (Å²) >= 11 is 0. The lowest BCUT2D eigenvalue weighted by Crippen LogP contribution is -2.09. The van der Waals surface area contributed by atoms with E-state index in [1.165, 1.54) is 7.11 Å². The molecule has 0 aliphatic rings. The van der Waals surface area contributed by atoms with Gasteiger partial charge in [0.2, 0.25) is 0 Å². The largest absolute Gasteiger partial charge is 0.465 e. The van der Waals surface area contributed by atoms with E-state index in [0.29, 0.717) is 5.56 Å². The molecule has 0 saturated carbocycles. The van der Waals surface area contributed by atoms with Crippen LogP contribution in [0.5, 0.6) is 0 Å². The Morgan fingerprint density at radius 3 is 3.00 bits per heavy atom. The zero-order valence-electron chi connectivity index (χ0n) is 8.13. The van der Waals surface area contributed by atoms with E-state index in [4.69, 9.17) is 4.74 Å². The highest BCUT2D eigenvalue weighted by Crippen LogP contribution is 2.16. The third-order valence-electron chi connectivity index (χ3n) is 2.22. The van der Waals surface area contributed by atoms with Crippen LogP contribution in [0, 0.1) is 0 Å². The van der Waals surface area contributed by atoms with Crippen LogP contribution in [0.1, 0.15) is 10.4 Å². The van der Waals surface area contributed by atoms with Crippen molar-refractivity contribution in [2.45, 2.75) is 0 Å². The monoisotopic (exact) mass is 187 g/mol. The fourth-order valence-corrected chi connectivity index (χ4v) is 1.59. The first kappa shape index (κ1) is 8.87. The number of hydrogen-bond donors (Lipinski definition) is 1. The number of fused-ring (bicyclic) bond motifs is 1. The van der Waals surface area contributed by atoms with Crippen LogP contribution < -0.4 is 5.46 Å². The van der Waals surface area contributed by atoms with Crippen molar-refractivity contribution in [2.24, 2.45) is 0 Å². The van der Waals surface area contributed by atoms with E-state index in [1.54, 1.807) is 0 Å². The predicted molar refractivity (Wildman–Crippen MR) is 57.8 cm³/mol. The van der Waals surface area contributed by atoms with E-state index < -0.39 is 0 Å². The van der Waals surface area contributed by atoms with Gasteiger partial charge in [-0.15, -0.1) is 0 Å². The zero-order valence-corrected chi connectivity index (χ0v) is 8.13. The first-order valence-corrected chi connectivity index (χ1v) is 4.38. The number of ether oxygens (including phenoxy) is 1. The molecule has 0 saturated heterocycles. The Bertz CT molecular complexity index is 490. The normalized spacial score (nSPS) is 10.4. The Hall–Kier alpha value is -1.71. The van der Waals surface area contributed by atoms with Crippen molar-refractivity contribution >= 4 is 30.2 Å². The molecule has 0 fully saturated rings. The lowest BCUT2D eigenvalue weighted by atomic mass is 9.92. The van der Waals surface area contributed by atoms with Crippen molar-refractivity contribution in [2.75, 3.05) is 7.11 Å². The summed E-state index contributed by atoms with van der Waals surface area (Å²) in [7, 11) is 3.34. The maximum atomic E-state index is 11.4. The Morgan fingerprint density at radius 2 is 2.29 bits per heavy atom. The number of aromatic nitrogens is 1. The molecular formula is C10H10BNO2. The van der Waals surface area contributed by atoms with E-state index in [-0.39, 0.29) is 5.97 Å². The Balaban J connectivity index is 2.72. The number of esters is 1. The number of methoxy groups -OCH3 is 1. The molecule has 0 bridgehead atoms. The smallest absolute Gasteiger partial charge is 0.338 e. The molecule has 0 amide bonds. The van der Waals surface area contributed by atoms with Crippen molar-refractivity contribution in [3.63, 3.8) is 0 Å². The van der Waals surface area contributed by atoms with E-state index >= 15 is 0 Å². The van der Waals surface area contributed by atoms with E-state index in [0.717, 1.165) is 16.4 Å². The summed E-state index contributed by atoms with van der Waals surface area (Å²) in [5, 5.41) is 0.905. The van der Waals surface area contributed by atoms with Gasteiger partial charge in [0.15, 0.2) is 0 Å². The van der Waals surface area contributed by atoms with Gasteiger partial charge in [-0.05, 0) is 12.1 Å². The molecule has 0 radical (unpaired) electrons. The molecule has 0 aliphatic carbocycles. The predicted octanol–water partition coefficient (Wildman–Crippen LogP) is 0.213. The highest BCUT2D eigenvalue weighted by molar-refractivity contribution is 6.34. The van der Waals surface area contributed by atoms with Gasteiger partial charge in [-0.25, -0.2) is 4.79 Å². The number of carbonyl (C=O) groups is 1. The van der Waals surface area contributed by atoms with Crippen LogP contribution in [0.25, 0.3) is 10.9 Å². The van der Waals surface area contributed by atoms with Crippen LogP contribution in [-0.2, 0) is 4.74 Å². The lowest BCUT2D eigenvalue weighted by molar-refractivity contribution is 0.0603. The summed E-state index contributed by atoms with van der Waals surface area (Å²) in [6.07, 6.45) is 1.82. The molecule has 0 unspecified atom stereocenters. The Kier molecular flexibility index (Phi) is 2.04. The molecule has 0 spiro atoms. The number of benzene rings is 1. The maximum absolute atomic E-state index is 11.4. The van der Waals surface area contributed by atoms with Crippen LogP contribution >= 0.6 is 0 Å². The minimum absolute atomic E-state index is 0.293. The average molecular weight is 187 g/mol. The topological polar surface area (TPSA) is 42.1 Å². The van der Waals surface area contributed by atoms with Gasteiger partial charge in [0.25, 0.3) is 0 Å². The molecule has 1 aromatic heterocycles. The number of aromatic amines is 1. The highest BCUT2D eigenvalue weighted by Gasteiger charge is 2.10. The molecule has 2 rings (SSSR count). The van der Waals surface area contributed by atoms with Gasteiger partial charge in [-0.1, -0.05) is 11.5 Å². The molecule has 2 aromatic rings. The number of carbonyl (C=O) groups excluding carboxylic acids is 1. The zero-order chi connectivity index (χ0) is 10.1. The average Bonchev–Trinajstić information content (AvgIpc) is 2.62. The van der Waals surface area contributed by atoms with E-state index in [9.17, 15) is 4.79 Å². The molecule has 1 heterocycles. The highest BCUT2D eigenvalue weighted by atomic mass is 16.5. The molecule has 14 heavy (non-hydrogen) atoms. The fourth-order valence-electron chi connectivity index (χ4n) is 1.59. The second-order valence-electron chi connectivity index (χ2n) is 3.24. The van der Waals surface area contributed by atoms with Crippen molar-refractivity contribution in [3.8, 4) is 0 Å². The Morgan fingerprint density at radius 1 is 1.50 bits per heavy atom. The van der Waals surface area contributed by atoms with Gasteiger partial charge < -0.3 is 9.72 Å². The van der Waals surface area contributed by atoms with Crippen molar-refractivity contribution in [3.05, 3.63) is 30.0 Å². The second kappa shape index (κ2) is 3.22. The van der Waals surface area contributed by atoms with Gasteiger partial charge in [0.05, 0.1) is 12.7 Å². The second-order valence-corrected chi connectivity index (χ2v) is 3.24. The SMILES string of the molecule is Bc1cc(C(=O)OC)c2cc[nH]c2c1. The van der Waals surface area contributed by atoms with Crippen LogP contribution in [0.2, 0.25) is 0 Å². The summed E-state index contributed by atoms with van der Waals surface area (Å²) in [5.74, 6) is -0.293. The minimum atomic E-state index is -0.293. The van der Waals surface area contributed by atoms with Crippen LogP contribution in [0.3, 0.4) is 0 Å². The van der Waals surface area contributed by atoms with E-state index in [2.05, 4.69) is 4.98 Å². The molecule has 0 aliphatic heterocycles. The minimum Gasteiger partial charge on any atom is -0.465 e. The number of hydrogen-bond acceptors (Lipinski definition) is 2. The maximum Gasteiger partial charge on any atom is 0.338 e. The van der Waals surface area contributed by atoms with E-state index in [1.807, 2.05) is 32.2 Å². The van der Waals surface area contributed by atoms with Gasteiger partial charge in [-0.3, -0.25) is 0 Å². The third-order valence-corrected chi connectivity index (χ3v) is 2.22. The fraction of sp³-hybridized carbons (Fsp3) is 0.100. The molecule has 3 nitrogen and oxygen atoms in total. The summed E-state index contributed by atoms with van der Waals surface area (Å²) in [5.41, 5.74) is 2.62. The van der Waals surface area contributed by atoms with Crippen molar-refractivity contribution < 1.29 is 9.53 Å². The lowest BCUT2D eigenvalue weighted by Gasteiger charge is -2.02. The van der Waals surface area contributed by atoms with Gasteiger partial charge in [0, 0.05) is 17.1 Å². The molecule has 4 heteroatoms. The van der Waals surface area contributed by atoms with Crippen molar-refractivity contribution in [1.29, 1.82) is 0 Å². The molecule has 0 atom stereocenters. The first-order valence-electron chi connectivity index (χ1n) is 4.38. The van der Waals surface area contributed by atoms with Gasteiger partial charge in [0.1, 0.15) is 7.85 Å². The third kappa shape index (κ3) is 1.29. The quantitative estimate of drug-likeness (QED) is 0.512. The number of H-pyrrole nitrogens is 1. The van der Waals surface area contributed by atoms with Crippen LogP contribution in [0.4, 0.5) is 0 Å². The molecular weight excluding hydrogens is 177 g/mol. The Labute approximate surface area is 82.5 Å². The summed E-state index contributed by atoms with van der Waals surface area (Å²) in [6.45, 7) is 0. The van der Waals surface area contributed by atoms with Crippen molar-refractivity contribution in [1.82, 2.24) is 4.98 Å². The van der Waals surface area contributed by atoms with Gasteiger partial charge >= 0.3 is 5.97 Å². The summed E-state index contributed by atoms with van der Waals surface area (Å²) < 4.78 is 4.72. The number of rotatable bonds is 1.